The van der Waals surface area contributed by atoms with Crippen LogP contribution in [0.5, 0.6) is 0 Å². The van der Waals surface area contributed by atoms with Crippen molar-refractivity contribution >= 4 is 37.6 Å². The van der Waals surface area contributed by atoms with Gasteiger partial charge in [-0.1, -0.05) is 50.1 Å². The zero-order valence-corrected chi connectivity index (χ0v) is 12.5. The van der Waals surface area contributed by atoms with Crippen LogP contribution in [0.3, 0.4) is 0 Å². The fourth-order valence-electron chi connectivity index (χ4n) is 1.63. The highest BCUT2D eigenvalue weighted by molar-refractivity contribution is 9.10. The van der Waals surface area contributed by atoms with Crippen LogP contribution in [0.15, 0.2) is 51.4 Å². The Morgan fingerprint density at radius 3 is 2.56 bits per heavy atom. The maximum atomic E-state index is 13.6. The Kier molecular flexibility index (Phi) is 4.30. The minimum atomic E-state index is -0.362. The molecule has 0 unspecified atom stereocenters. The second-order valence-electron chi connectivity index (χ2n) is 3.82. The van der Waals surface area contributed by atoms with E-state index < -0.39 is 0 Å². The van der Waals surface area contributed by atoms with Gasteiger partial charge in [0, 0.05) is 20.9 Å². The van der Waals surface area contributed by atoms with Crippen LogP contribution < -0.4 is 0 Å². The van der Waals surface area contributed by atoms with Crippen LogP contribution in [0.25, 0.3) is 0 Å². The summed E-state index contributed by atoms with van der Waals surface area (Å²) in [7, 11) is 0. The number of hydrogen-bond acceptors (Lipinski definition) is 1. The second kappa shape index (κ2) is 5.76. The van der Waals surface area contributed by atoms with Crippen LogP contribution >= 0.6 is 31.9 Å². The predicted molar refractivity (Wildman–Crippen MR) is 76.3 cm³/mol. The smallest absolute Gasteiger partial charge is 0.168 e. The molecule has 18 heavy (non-hydrogen) atoms. The van der Waals surface area contributed by atoms with E-state index in [1.165, 1.54) is 6.07 Å². The molecule has 0 radical (unpaired) electrons. The van der Waals surface area contributed by atoms with Crippen LogP contribution in [0.2, 0.25) is 0 Å². The molecule has 0 spiro atoms. The average molecular weight is 372 g/mol. The minimum absolute atomic E-state index is 0.0495. The van der Waals surface area contributed by atoms with Gasteiger partial charge < -0.3 is 0 Å². The molecule has 0 aliphatic rings. The van der Waals surface area contributed by atoms with Gasteiger partial charge in [0.1, 0.15) is 5.82 Å². The van der Waals surface area contributed by atoms with E-state index in [4.69, 9.17) is 0 Å². The van der Waals surface area contributed by atoms with Crippen molar-refractivity contribution in [3.8, 4) is 0 Å². The van der Waals surface area contributed by atoms with Crippen LogP contribution in [-0.4, -0.2) is 5.78 Å². The molecule has 0 aliphatic carbocycles. The molecular weight excluding hydrogens is 363 g/mol. The molecule has 0 atom stereocenters. The molecule has 0 saturated carbocycles. The molecule has 0 bridgehead atoms. The minimum Gasteiger partial charge on any atom is -0.294 e. The second-order valence-corrected chi connectivity index (χ2v) is 5.59. The Morgan fingerprint density at radius 1 is 1.11 bits per heavy atom. The topological polar surface area (TPSA) is 17.1 Å². The third-order valence-electron chi connectivity index (χ3n) is 2.53. The molecule has 0 N–H and O–H groups in total. The Hall–Kier alpha value is -1.00. The Balaban J connectivity index is 2.27. The van der Waals surface area contributed by atoms with Gasteiger partial charge in [-0.2, -0.15) is 0 Å². The lowest BCUT2D eigenvalue weighted by Crippen LogP contribution is -2.06. The fraction of sp³-hybridized carbons (Fsp3) is 0.0714. The van der Waals surface area contributed by atoms with Gasteiger partial charge >= 0.3 is 0 Å². The largest absolute Gasteiger partial charge is 0.294 e. The summed E-state index contributed by atoms with van der Waals surface area (Å²) in [5, 5.41) is 0. The quantitative estimate of drug-likeness (QED) is 0.710. The maximum absolute atomic E-state index is 13.6. The normalized spacial score (nSPS) is 10.4. The molecule has 2 aromatic rings. The lowest BCUT2D eigenvalue weighted by Gasteiger charge is -2.05. The van der Waals surface area contributed by atoms with Gasteiger partial charge in [-0.25, -0.2) is 4.39 Å². The van der Waals surface area contributed by atoms with Crippen LogP contribution in [0.1, 0.15) is 15.9 Å². The Labute approximate surface area is 121 Å². The van der Waals surface area contributed by atoms with Gasteiger partial charge in [-0.05, 0) is 29.8 Å². The molecule has 0 aromatic heterocycles. The molecule has 0 fully saturated rings. The van der Waals surface area contributed by atoms with Crippen molar-refractivity contribution in [1.82, 2.24) is 0 Å². The number of hydrogen-bond donors (Lipinski definition) is 0. The number of Topliss-reactive ketones (excluding diaryl/α,β-unsaturated/α-hetero) is 1. The first-order valence-corrected chi connectivity index (χ1v) is 6.88. The van der Waals surface area contributed by atoms with Gasteiger partial charge in [0.25, 0.3) is 0 Å². The highest BCUT2D eigenvalue weighted by Gasteiger charge is 2.13. The number of ketones is 1. The zero-order chi connectivity index (χ0) is 13.1. The van der Waals surface area contributed by atoms with E-state index in [0.29, 0.717) is 11.1 Å². The van der Waals surface area contributed by atoms with Gasteiger partial charge in [-0.15, -0.1) is 0 Å². The first-order valence-electron chi connectivity index (χ1n) is 5.29. The van der Waals surface area contributed by atoms with E-state index in [0.717, 1.165) is 8.95 Å². The van der Waals surface area contributed by atoms with E-state index in [1.54, 1.807) is 30.3 Å². The summed E-state index contributed by atoms with van der Waals surface area (Å²) in [6.45, 7) is 0. The molecule has 2 aromatic carbocycles. The maximum Gasteiger partial charge on any atom is 0.168 e. The van der Waals surface area contributed by atoms with Crippen molar-refractivity contribution < 1.29 is 9.18 Å². The van der Waals surface area contributed by atoms with Gasteiger partial charge in [0.05, 0.1) is 0 Å². The van der Waals surface area contributed by atoms with Crippen molar-refractivity contribution in [3.63, 3.8) is 0 Å². The third-order valence-corrected chi connectivity index (χ3v) is 3.72. The van der Waals surface area contributed by atoms with Crippen molar-refractivity contribution in [2.45, 2.75) is 6.42 Å². The summed E-state index contributed by atoms with van der Waals surface area (Å²) in [4.78, 5) is 12.1. The third kappa shape index (κ3) is 3.06. The molecule has 0 saturated heterocycles. The molecular formula is C14H9Br2FO. The van der Waals surface area contributed by atoms with Crippen molar-refractivity contribution in [2.75, 3.05) is 0 Å². The number of carbonyl (C=O) groups is 1. The van der Waals surface area contributed by atoms with Crippen LogP contribution in [-0.2, 0) is 6.42 Å². The molecule has 4 heteroatoms. The summed E-state index contributed by atoms with van der Waals surface area (Å²) < 4.78 is 15.1. The number of carbonyl (C=O) groups excluding carboxylic acids is 1. The molecule has 2 rings (SSSR count). The summed E-state index contributed by atoms with van der Waals surface area (Å²) in [6.07, 6.45) is 0.0495. The highest BCUT2D eigenvalue weighted by atomic mass is 79.9. The number of halogens is 3. The SMILES string of the molecule is O=C(Cc1cc(Br)ccc1F)c1ccccc1Br. The van der Waals surface area contributed by atoms with E-state index in [1.807, 2.05) is 6.07 Å². The van der Waals surface area contributed by atoms with E-state index in [-0.39, 0.29) is 18.0 Å². The standard InChI is InChI=1S/C14H9Br2FO/c15-10-5-6-13(17)9(7-10)8-14(18)11-3-1-2-4-12(11)16/h1-7H,8H2. The van der Waals surface area contributed by atoms with Gasteiger partial charge in [0.15, 0.2) is 5.78 Å². The first kappa shape index (κ1) is 13.4. The van der Waals surface area contributed by atoms with Crippen LogP contribution in [0.4, 0.5) is 4.39 Å². The zero-order valence-electron chi connectivity index (χ0n) is 9.29. The molecule has 0 aliphatic heterocycles. The van der Waals surface area contributed by atoms with E-state index in [9.17, 15) is 9.18 Å². The van der Waals surface area contributed by atoms with E-state index >= 15 is 0 Å². The monoisotopic (exact) mass is 370 g/mol. The van der Waals surface area contributed by atoms with Gasteiger partial charge in [-0.3, -0.25) is 4.79 Å². The summed E-state index contributed by atoms with van der Waals surface area (Å²) in [6, 6.07) is 11.7. The van der Waals surface area contributed by atoms with Crippen molar-refractivity contribution in [1.29, 1.82) is 0 Å². The number of rotatable bonds is 3. The number of benzene rings is 2. The molecule has 1 nitrogen and oxygen atoms in total. The Bertz CT molecular complexity index is 596. The van der Waals surface area contributed by atoms with Crippen LogP contribution in [0, 0.1) is 5.82 Å². The fourth-order valence-corrected chi connectivity index (χ4v) is 2.55. The molecule has 0 heterocycles. The predicted octanol–water partition coefficient (Wildman–Crippen LogP) is 4.78. The van der Waals surface area contributed by atoms with Crippen molar-refractivity contribution in [2.24, 2.45) is 0 Å². The summed E-state index contributed by atoms with van der Waals surface area (Å²) in [5.74, 6) is -0.474. The van der Waals surface area contributed by atoms with Crippen molar-refractivity contribution in [3.05, 3.63) is 68.4 Å². The lowest BCUT2D eigenvalue weighted by atomic mass is 10.0. The molecule has 92 valence electrons. The average Bonchev–Trinajstić information content (AvgIpc) is 2.34. The first-order chi connectivity index (χ1) is 8.58. The summed E-state index contributed by atoms with van der Waals surface area (Å²) in [5.41, 5.74) is 0.960. The summed E-state index contributed by atoms with van der Waals surface area (Å²) >= 11 is 6.59. The van der Waals surface area contributed by atoms with E-state index in [2.05, 4.69) is 31.9 Å². The molecule has 0 amide bonds. The highest BCUT2D eigenvalue weighted by Crippen LogP contribution is 2.21. The lowest BCUT2D eigenvalue weighted by molar-refractivity contribution is 0.0991. The van der Waals surface area contributed by atoms with Gasteiger partial charge in [0.2, 0.25) is 0 Å². The Morgan fingerprint density at radius 2 is 1.83 bits per heavy atom.